The summed E-state index contributed by atoms with van der Waals surface area (Å²) in [6.07, 6.45) is -0.338. The number of nitrogens with zero attached hydrogens (tertiary/aromatic N) is 4. The molecule has 10 nitrogen and oxygen atoms in total. The van der Waals surface area contributed by atoms with Crippen molar-refractivity contribution in [3.05, 3.63) is 5.82 Å². The molecule has 0 aliphatic carbocycles. The smallest absolute Gasteiger partial charge is 0.320 e. The lowest BCUT2D eigenvalue weighted by Gasteiger charge is -2.05. The number of hydrogen-bond acceptors (Lipinski definition) is 10. The minimum absolute atomic E-state index is 0.0688. The first-order chi connectivity index (χ1) is 8.19. The number of esters is 1. The molecular weight excluding hydrogens is 228 g/mol. The van der Waals surface area contributed by atoms with Gasteiger partial charge in [0.05, 0.1) is 6.07 Å². The number of ether oxygens (including phenoxy) is 1. The van der Waals surface area contributed by atoms with E-state index in [2.05, 4.69) is 25.8 Å². The Kier molecular flexibility index (Phi) is 4.55. The third-order valence-corrected chi connectivity index (χ3v) is 1.53. The SMILES string of the molecule is N#CCC(=O)OCc1nc(NN)nc(NN)n1. The monoisotopic (exact) mass is 238 g/mol. The molecule has 0 fully saturated rings. The number of nitrogens with one attached hydrogen (secondary N) is 2. The molecule has 0 spiro atoms. The van der Waals surface area contributed by atoms with Gasteiger partial charge in [0.15, 0.2) is 12.4 Å². The van der Waals surface area contributed by atoms with E-state index in [4.69, 9.17) is 21.7 Å². The van der Waals surface area contributed by atoms with Crippen LogP contribution in [0.15, 0.2) is 0 Å². The molecule has 0 aliphatic heterocycles. The second kappa shape index (κ2) is 6.16. The van der Waals surface area contributed by atoms with Gasteiger partial charge in [0, 0.05) is 0 Å². The Morgan fingerprint density at radius 1 is 1.29 bits per heavy atom. The van der Waals surface area contributed by atoms with E-state index in [9.17, 15) is 4.79 Å². The van der Waals surface area contributed by atoms with Gasteiger partial charge in [-0.2, -0.15) is 20.2 Å². The first-order valence-corrected chi connectivity index (χ1v) is 4.40. The minimum atomic E-state index is -0.669. The lowest BCUT2D eigenvalue weighted by molar-refractivity contribution is -0.143. The maximum Gasteiger partial charge on any atom is 0.320 e. The number of nitrogens with two attached hydrogens (primary N) is 2. The predicted molar refractivity (Wildman–Crippen MR) is 55.5 cm³/mol. The first-order valence-electron chi connectivity index (χ1n) is 4.40. The van der Waals surface area contributed by atoms with Crippen molar-refractivity contribution >= 4 is 17.9 Å². The Balaban J connectivity index is 2.70. The zero-order valence-corrected chi connectivity index (χ0v) is 8.67. The van der Waals surface area contributed by atoms with Crippen molar-refractivity contribution in [3.8, 4) is 6.07 Å². The van der Waals surface area contributed by atoms with Crippen LogP contribution in [-0.2, 0) is 16.1 Å². The fourth-order valence-electron chi connectivity index (χ4n) is 0.874. The Hall–Kier alpha value is -2.51. The van der Waals surface area contributed by atoms with Gasteiger partial charge in [-0.15, -0.1) is 0 Å². The van der Waals surface area contributed by atoms with Crippen LogP contribution >= 0.6 is 0 Å². The van der Waals surface area contributed by atoms with Crippen molar-refractivity contribution in [1.29, 1.82) is 5.26 Å². The fraction of sp³-hybridized carbons (Fsp3) is 0.286. The van der Waals surface area contributed by atoms with E-state index in [1.165, 1.54) is 0 Å². The third-order valence-electron chi connectivity index (χ3n) is 1.53. The Morgan fingerprint density at radius 3 is 2.35 bits per heavy atom. The van der Waals surface area contributed by atoms with E-state index in [-0.39, 0.29) is 30.7 Å². The van der Waals surface area contributed by atoms with Crippen molar-refractivity contribution in [2.75, 3.05) is 10.9 Å². The van der Waals surface area contributed by atoms with E-state index in [1.807, 2.05) is 0 Å². The number of nitrogen functional groups attached to an aromatic ring is 2. The second-order valence-corrected chi connectivity index (χ2v) is 2.68. The molecule has 0 saturated heterocycles. The molecule has 1 aromatic heterocycles. The van der Waals surface area contributed by atoms with Gasteiger partial charge in [0.2, 0.25) is 11.9 Å². The van der Waals surface area contributed by atoms with Gasteiger partial charge < -0.3 is 4.74 Å². The Labute approximate surface area is 95.9 Å². The fourth-order valence-corrected chi connectivity index (χ4v) is 0.874. The van der Waals surface area contributed by atoms with Crippen LogP contribution in [-0.4, -0.2) is 20.9 Å². The summed E-state index contributed by atoms with van der Waals surface area (Å²) in [7, 11) is 0. The number of hydrogen-bond donors (Lipinski definition) is 4. The van der Waals surface area contributed by atoms with E-state index in [1.54, 1.807) is 6.07 Å². The standard InChI is InChI=1S/C7H10N8O2/c8-2-1-5(16)17-3-4-11-6(14-9)13-7(12-4)15-10/h1,3,9-10H2,(H2,11,12,13,14,15). The summed E-state index contributed by atoms with van der Waals surface area (Å²) in [5, 5.41) is 8.25. The molecule has 0 amide bonds. The zero-order valence-electron chi connectivity index (χ0n) is 8.67. The molecule has 0 aromatic carbocycles. The number of anilines is 2. The van der Waals surface area contributed by atoms with Gasteiger partial charge in [-0.05, 0) is 0 Å². The molecule has 90 valence electrons. The minimum Gasteiger partial charge on any atom is -0.457 e. The summed E-state index contributed by atoms with van der Waals surface area (Å²) in [6.45, 7) is -0.202. The van der Waals surface area contributed by atoms with Crippen LogP contribution in [0.2, 0.25) is 0 Å². The highest BCUT2D eigenvalue weighted by molar-refractivity contribution is 5.71. The number of rotatable bonds is 5. The topological polar surface area (TPSA) is 165 Å². The summed E-state index contributed by atoms with van der Waals surface area (Å²) >= 11 is 0. The van der Waals surface area contributed by atoms with E-state index < -0.39 is 5.97 Å². The van der Waals surface area contributed by atoms with E-state index >= 15 is 0 Å². The van der Waals surface area contributed by atoms with Crippen LogP contribution in [0.3, 0.4) is 0 Å². The van der Waals surface area contributed by atoms with Crippen molar-refractivity contribution in [1.82, 2.24) is 15.0 Å². The van der Waals surface area contributed by atoms with Crippen LogP contribution in [0.5, 0.6) is 0 Å². The molecule has 0 saturated carbocycles. The maximum absolute atomic E-state index is 10.9. The number of carbonyl (C=O) groups excluding carboxylic acids is 1. The molecule has 0 bridgehead atoms. The molecule has 6 N–H and O–H groups in total. The third kappa shape index (κ3) is 3.86. The van der Waals surface area contributed by atoms with Gasteiger partial charge in [0.1, 0.15) is 6.42 Å². The maximum atomic E-state index is 10.9. The number of nitriles is 1. The van der Waals surface area contributed by atoms with Gasteiger partial charge in [0.25, 0.3) is 0 Å². The Bertz CT molecular complexity index is 420. The molecule has 1 aromatic rings. The average Bonchev–Trinajstić information content (AvgIpc) is 2.36. The molecular formula is C7H10N8O2. The Morgan fingerprint density at radius 2 is 1.88 bits per heavy atom. The van der Waals surface area contributed by atoms with Gasteiger partial charge >= 0.3 is 5.97 Å². The van der Waals surface area contributed by atoms with Gasteiger partial charge in [-0.1, -0.05) is 0 Å². The van der Waals surface area contributed by atoms with Crippen molar-refractivity contribution < 1.29 is 9.53 Å². The molecule has 0 atom stereocenters. The van der Waals surface area contributed by atoms with Crippen molar-refractivity contribution in [3.63, 3.8) is 0 Å². The quantitative estimate of drug-likeness (QED) is 0.266. The van der Waals surface area contributed by atoms with E-state index in [0.717, 1.165) is 0 Å². The predicted octanol–water partition coefficient (Wildman–Crippen LogP) is -1.60. The van der Waals surface area contributed by atoms with Crippen LogP contribution in [0.25, 0.3) is 0 Å². The highest BCUT2D eigenvalue weighted by atomic mass is 16.5. The summed E-state index contributed by atoms with van der Waals surface area (Å²) in [4.78, 5) is 22.3. The lowest BCUT2D eigenvalue weighted by atomic mass is 10.5. The summed E-state index contributed by atoms with van der Waals surface area (Å²) in [5.41, 5.74) is 4.41. The molecule has 1 rings (SSSR count). The molecule has 0 radical (unpaired) electrons. The van der Waals surface area contributed by atoms with Crippen LogP contribution < -0.4 is 22.5 Å². The normalized spacial score (nSPS) is 9.24. The number of aromatic nitrogens is 3. The average molecular weight is 238 g/mol. The first kappa shape index (κ1) is 12.6. The molecule has 0 unspecified atom stereocenters. The van der Waals surface area contributed by atoms with Crippen molar-refractivity contribution in [2.45, 2.75) is 13.0 Å². The van der Waals surface area contributed by atoms with Crippen LogP contribution in [0, 0.1) is 11.3 Å². The summed E-state index contributed by atoms with van der Waals surface area (Å²) in [5.74, 6) is 9.86. The second-order valence-electron chi connectivity index (χ2n) is 2.68. The molecule has 0 aliphatic rings. The highest BCUT2D eigenvalue weighted by Gasteiger charge is 2.08. The zero-order chi connectivity index (χ0) is 12.7. The van der Waals surface area contributed by atoms with Gasteiger partial charge in [-0.3, -0.25) is 15.6 Å². The molecule has 1 heterocycles. The summed E-state index contributed by atoms with van der Waals surface area (Å²) < 4.78 is 4.72. The number of hydrazine groups is 2. The van der Waals surface area contributed by atoms with Crippen LogP contribution in [0.4, 0.5) is 11.9 Å². The number of carbonyl (C=O) groups is 1. The molecule has 10 heteroatoms. The largest absolute Gasteiger partial charge is 0.457 e. The lowest BCUT2D eigenvalue weighted by Crippen LogP contribution is -2.18. The van der Waals surface area contributed by atoms with E-state index in [0.29, 0.717) is 0 Å². The van der Waals surface area contributed by atoms with Crippen molar-refractivity contribution in [2.24, 2.45) is 11.7 Å². The highest BCUT2D eigenvalue weighted by Crippen LogP contribution is 2.04. The van der Waals surface area contributed by atoms with Gasteiger partial charge in [-0.25, -0.2) is 11.7 Å². The molecule has 17 heavy (non-hydrogen) atoms. The van der Waals surface area contributed by atoms with Crippen LogP contribution in [0.1, 0.15) is 12.2 Å². The summed E-state index contributed by atoms with van der Waals surface area (Å²) in [6, 6.07) is 1.66.